The van der Waals surface area contributed by atoms with Crippen molar-refractivity contribution in [2.24, 2.45) is 0 Å². The van der Waals surface area contributed by atoms with Crippen molar-refractivity contribution in [1.29, 1.82) is 0 Å². The zero-order chi connectivity index (χ0) is 10.7. The Kier molecular flexibility index (Phi) is 2.86. The number of hydrogen-bond acceptors (Lipinski definition) is 2. The van der Waals surface area contributed by atoms with Crippen molar-refractivity contribution < 1.29 is 0 Å². The molecule has 0 saturated carbocycles. The minimum absolute atomic E-state index is 0.503. The van der Waals surface area contributed by atoms with Crippen LogP contribution in [-0.2, 0) is 0 Å². The molecular formula is C13H16N2. The molecule has 78 valence electrons. The molecule has 0 aliphatic rings. The fourth-order valence-corrected chi connectivity index (χ4v) is 1.62. The van der Waals surface area contributed by atoms with E-state index in [0.717, 1.165) is 6.42 Å². The van der Waals surface area contributed by atoms with Crippen LogP contribution in [0.1, 0.15) is 20.3 Å². The lowest BCUT2D eigenvalue weighted by atomic mass is 10.1. The van der Waals surface area contributed by atoms with E-state index < -0.39 is 0 Å². The molecule has 1 unspecified atom stereocenters. The fraction of sp³-hybridized carbons (Fsp3) is 0.308. The number of nitrogens with zero attached hydrogens (tertiary/aromatic N) is 1. The van der Waals surface area contributed by atoms with Crippen LogP contribution in [0.25, 0.3) is 10.8 Å². The molecule has 0 spiro atoms. The summed E-state index contributed by atoms with van der Waals surface area (Å²) in [5.74, 6) is 0. The predicted octanol–water partition coefficient (Wildman–Crippen LogP) is 3.45. The van der Waals surface area contributed by atoms with Gasteiger partial charge in [0.2, 0.25) is 0 Å². The lowest BCUT2D eigenvalue weighted by molar-refractivity contribution is 0.765. The Bertz CT molecular complexity index is 446. The molecule has 1 aromatic carbocycles. The van der Waals surface area contributed by atoms with E-state index >= 15 is 0 Å². The largest absolute Gasteiger partial charge is 0.382 e. The number of rotatable bonds is 3. The lowest BCUT2D eigenvalue weighted by Crippen LogP contribution is -2.13. The maximum Gasteiger partial charge on any atom is 0.0423 e. The Morgan fingerprint density at radius 3 is 3.00 bits per heavy atom. The first-order chi connectivity index (χ1) is 7.31. The first-order valence-electron chi connectivity index (χ1n) is 5.40. The molecule has 2 rings (SSSR count). The summed E-state index contributed by atoms with van der Waals surface area (Å²) in [6.45, 7) is 4.38. The number of nitrogens with one attached hydrogen (secondary N) is 1. The maximum absolute atomic E-state index is 4.13. The summed E-state index contributed by atoms with van der Waals surface area (Å²) in [5, 5.41) is 5.94. The van der Waals surface area contributed by atoms with Gasteiger partial charge in [0.25, 0.3) is 0 Å². The van der Waals surface area contributed by atoms with Crippen LogP contribution >= 0.6 is 0 Å². The zero-order valence-corrected chi connectivity index (χ0v) is 9.20. The van der Waals surface area contributed by atoms with Gasteiger partial charge in [-0.05, 0) is 25.5 Å². The van der Waals surface area contributed by atoms with Crippen LogP contribution in [0.3, 0.4) is 0 Å². The highest BCUT2D eigenvalue weighted by atomic mass is 14.9. The van der Waals surface area contributed by atoms with Gasteiger partial charge in [0.05, 0.1) is 0 Å². The molecule has 0 saturated heterocycles. The molecule has 0 aliphatic carbocycles. The summed E-state index contributed by atoms with van der Waals surface area (Å²) in [6.07, 6.45) is 4.86. The highest BCUT2D eigenvalue weighted by Crippen LogP contribution is 2.22. The second kappa shape index (κ2) is 4.30. The molecule has 2 aromatic rings. The van der Waals surface area contributed by atoms with E-state index in [-0.39, 0.29) is 0 Å². The molecule has 1 atom stereocenters. The van der Waals surface area contributed by atoms with E-state index in [9.17, 15) is 0 Å². The van der Waals surface area contributed by atoms with Crippen molar-refractivity contribution in [3.05, 3.63) is 36.7 Å². The van der Waals surface area contributed by atoms with Gasteiger partial charge in [-0.3, -0.25) is 4.98 Å². The number of benzene rings is 1. The summed E-state index contributed by atoms with van der Waals surface area (Å²) in [5.41, 5.74) is 1.20. The molecular weight excluding hydrogens is 184 g/mol. The van der Waals surface area contributed by atoms with Gasteiger partial charge < -0.3 is 5.32 Å². The molecule has 0 radical (unpaired) electrons. The molecule has 15 heavy (non-hydrogen) atoms. The van der Waals surface area contributed by atoms with Gasteiger partial charge in [-0.2, -0.15) is 0 Å². The number of anilines is 1. The van der Waals surface area contributed by atoms with Gasteiger partial charge in [0, 0.05) is 34.9 Å². The standard InChI is InChI=1S/C13H16N2/c1-3-10(2)15-13-6-4-5-11-9-14-8-7-12(11)13/h4-10,15H,3H2,1-2H3. The smallest absolute Gasteiger partial charge is 0.0423 e. The average Bonchev–Trinajstić information content (AvgIpc) is 2.29. The highest BCUT2D eigenvalue weighted by Gasteiger charge is 2.02. The maximum atomic E-state index is 4.13. The van der Waals surface area contributed by atoms with Gasteiger partial charge in [-0.25, -0.2) is 0 Å². The van der Waals surface area contributed by atoms with Crippen molar-refractivity contribution in [3.63, 3.8) is 0 Å². The van der Waals surface area contributed by atoms with E-state index in [1.165, 1.54) is 16.5 Å². The zero-order valence-electron chi connectivity index (χ0n) is 9.20. The fourth-order valence-electron chi connectivity index (χ4n) is 1.62. The third kappa shape index (κ3) is 2.09. The highest BCUT2D eigenvalue weighted by molar-refractivity contribution is 5.93. The van der Waals surface area contributed by atoms with Crippen molar-refractivity contribution in [1.82, 2.24) is 4.98 Å². The minimum Gasteiger partial charge on any atom is -0.382 e. The number of fused-ring (bicyclic) bond motifs is 1. The van der Waals surface area contributed by atoms with E-state index in [1.54, 1.807) is 0 Å². The van der Waals surface area contributed by atoms with Crippen LogP contribution in [0.15, 0.2) is 36.7 Å². The second-order valence-electron chi connectivity index (χ2n) is 3.86. The molecule has 2 nitrogen and oxygen atoms in total. The molecule has 2 heteroatoms. The molecule has 0 aliphatic heterocycles. The summed E-state index contributed by atoms with van der Waals surface area (Å²) >= 11 is 0. The molecule has 0 bridgehead atoms. The normalized spacial score (nSPS) is 12.7. The van der Waals surface area contributed by atoms with Crippen LogP contribution in [0.4, 0.5) is 5.69 Å². The Morgan fingerprint density at radius 1 is 1.33 bits per heavy atom. The molecule has 0 fully saturated rings. The lowest BCUT2D eigenvalue weighted by Gasteiger charge is -2.14. The second-order valence-corrected chi connectivity index (χ2v) is 3.86. The Hall–Kier alpha value is -1.57. The SMILES string of the molecule is CCC(C)Nc1cccc2cnccc12. The van der Waals surface area contributed by atoms with E-state index in [4.69, 9.17) is 0 Å². The number of aromatic nitrogens is 1. The van der Waals surface area contributed by atoms with Gasteiger partial charge in [0.1, 0.15) is 0 Å². The van der Waals surface area contributed by atoms with Gasteiger partial charge in [-0.1, -0.05) is 19.1 Å². The van der Waals surface area contributed by atoms with Crippen LogP contribution in [-0.4, -0.2) is 11.0 Å². The Balaban J connectivity index is 2.42. The quantitative estimate of drug-likeness (QED) is 0.820. The molecule has 0 amide bonds. The van der Waals surface area contributed by atoms with Crippen LogP contribution in [0.5, 0.6) is 0 Å². The average molecular weight is 200 g/mol. The minimum atomic E-state index is 0.503. The van der Waals surface area contributed by atoms with Crippen molar-refractivity contribution in [2.75, 3.05) is 5.32 Å². The molecule has 1 N–H and O–H groups in total. The van der Waals surface area contributed by atoms with Crippen molar-refractivity contribution in [3.8, 4) is 0 Å². The summed E-state index contributed by atoms with van der Waals surface area (Å²) in [6, 6.07) is 8.83. The predicted molar refractivity (Wildman–Crippen MR) is 65.1 cm³/mol. The van der Waals surface area contributed by atoms with Gasteiger partial charge in [0.15, 0.2) is 0 Å². The van der Waals surface area contributed by atoms with E-state index in [0.29, 0.717) is 6.04 Å². The first kappa shape index (κ1) is 9.97. The van der Waals surface area contributed by atoms with E-state index in [1.807, 2.05) is 12.4 Å². The topological polar surface area (TPSA) is 24.9 Å². The summed E-state index contributed by atoms with van der Waals surface area (Å²) in [4.78, 5) is 4.13. The van der Waals surface area contributed by atoms with E-state index in [2.05, 4.69) is 48.4 Å². The van der Waals surface area contributed by atoms with Crippen LogP contribution in [0.2, 0.25) is 0 Å². The van der Waals surface area contributed by atoms with Gasteiger partial charge in [-0.15, -0.1) is 0 Å². The number of pyridine rings is 1. The summed E-state index contributed by atoms with van der Waals surface area (Å²) < 4.78 is 0. The van der Waals surface area contributed by atoms with Crippen molar-refractivity contribution in [2.45, 2.75) is 26.3 Å². The van der Waals surface area contributed by atoms with Crippen molar-refractivity contribution >= 4 is 16.5 Å². The first-order valence-corrected chi connectivity index (χ1v) is 5.40. The van der Waals surface area contributed by atoms with Crippen LogP contribution < -0.4 is 5.32 Å². The van der Waals surface area contributed by atoms with Crippen LogP contribution in [0, 0.1) is 0 Å². The Morgan fingerprint density at radius 2 is 2.20 bits per heavy atom. The third-order valence-electron chi connectivity index (χ3n) is 2.70. The monoisotopic (exact) mass is 200 g/mol. The molecule has 1 aromatic heterocycles. The molecule has 1 heterocycles. The van der Waals surface area contributed by atoms with Gasteiger partial charge >= 0.3 is 0 Å². The third-order valence-corrected chi connectivity index (χ3v) is 2.70. The summed E-state index contributed by atoms with van der Waals surface area (Å²) in [7, 11) is 0. The number of hydrogen-bond donors (Lipinski definition) is 1. The Labute approximate surface area is 90.3 Å².